The molecule has 2 aromatic rings. The lowest BCUT2D eigenvalue weighted by molar-refractivity contribution is 0.102. The third kappa shape index (κ3) is 4.01. The number of halogens is 1. The maximum Gasteiger partial charge on any atom is 0.257 e. The molecule has 0 saturated carbocycles. The summed E-state index contributed by atoms with van der Waals surface area (Å²) in [4.78, 5) is 20.9. The number of hydrogen-bond donors (Lipinski definition) is 2. The number of aromatic nitrogens is 2. The largest absolute Gasteiger partial charge is 0.370 e. The first-order valence-electron chi connectivity index (χ1n) is 6.66. The Morgan fingerprint density at radius 1 is 1.19 bits per heavy atom. The summed E-state index contributed by atoms with van der Waals surface area (Å²) in [5.74, 6) is 1.02. The number of nitrogens with zero attached hydrogens (tertiary/aromatic N) is 2. The zero-order chi connectivity index (χ0) is 15.4. The van der Waals surface area contributed by atoms with Gasteiger partial charge in [-0.1, -0.05) is 0 Å². The number of rotatable bonds is 4. The molecule has 2 N–H and O–H groups in total. The van der Waals surface area contributed by atoms with Gasteiger partial charge in [0.15, 0.2) is 0 Å². The van der Waals surface area contributed by atoms with E-state index in [0.29, 0.717) is 17.2 Å². The molecule has 0 spiro atoms. The van der Waals surface area contributed by atoms with E-state index in [1.807, 2.05) is 26.8 Å². The molecule has 0 unspecified atom stereocenters. The monoisotopic (exact) mass is 348 g/mol. The Morgan fingerprint density at radius 2 is 1.95 bits per heavy atom. The summed E-state index contributed by atoms with van der Waals surface area (Å²) >= 11 is 3.39. The quantitative estimate of drug-likeness (QED) is 0.886. The van der Waals surface area contributed by atoms with E-state index in [-0.39, 0.29) is 5.91 Å². The maximum absolute atomic E-state index is 12.3. The van der Waals surface area contributed by atoms with E-state index < -0.39 is 0 Å². The summed E-state index contributed by atoms with van der Waals surface area (Å²) in [6.45, 7) is 6.47. The molecule has 5 nitrogen and oxygen atoms in total. The van der Waals surface area contributed by atoms with Crippen molar-refractivity contribution < 1.29 is 4.79 Å². The number of carbonyl (C=O) groups excluding carboxylic acids is 1. The summed E-state index contributed by atoms with van der Waals surface area (Å²) in [5, 5.41) is 5.91. The third-order valence-electron chi connectivity index (χ3n) is 2.84. The molecule has 0 saturated heterocycles. The molecule has 0 aliphatic rings. The van der Waals surface area contributed by atoms with E-state index in [1.54, 1.807) is 18.2 Å². The SMILES string of the molecule is CCNc1cc(C(=O)Nc2ccc(Br)c(C)n2)cc(C)n1. The van der Waals surface area contributed by atoms with Crippen LogP contribution in [0.2, 0.25) is 0 Å². The van der Waals surface area contributed by atoms with Gasteiger partial charge in [-0.3, -0.25) is 4.79 Å². The molecule has 0 radical (unpaired) electrons. The van der Waals surface area contributed by atoms with Crippen molar-refractivity contribution in [3.63, 3.8) is 0 Å². The van der Waals surface area contributed by atoms with Crippen molar-refractivity contribution in [1.29, 1.82) is 0 Å². The fourth-order valence-corrected chi connectivity index (χ4v) is 2.09. The zero-order valence-corrected chi connectivity index (χ0v) is 13.8. The molecular weight excluding hydrogens is 332 g/mol. The third-order valence-corrected chi connectivity index (χ3v) is 3.67. The van der Waals surface area contributed by atoms with Crippen LogP contribution in [-0.4, -0.2) is 22.4 Å². The number of amides is 1. The zero-order valence-electron chi connectivity index (χ0n) is 12.2. The molecule has 0 aromatic carbocycles. The van der Waals surface area contributed by atoms with Gasteiger partial charge < -0.3 is 10.6 Å². The Hall–Kier alpha value is -1.95. The van der Waals surface area contributed by atoms with Crippen LogP contribution < -0.4 is 10.6 Å². The van der Waals surface area contributed by atoms with E-state index >= 15 is 0 Å². The lowest BCUT2D eigenvalue weighted by Crippen LogP contribution is -2.14. The van der Waals surface area contributed by atoms with Gasteiger partial charge in [-0.05, 0) is 61.0 Å². The van der Waals surface area contributed by atoms with E-state index in [1.165, 1.54) is 0 Å². The summed E-state index contributed by atoms with van der Waals surface area (Å²) in [5.41, 5.74) is 2.17. The lowest BCUT2D eigenvalue weighted by Gasteiger charge is -2.09. The first kappa shape index (κ1) is 15.4. The molecule has 21 heavy (non-hydrogen) atoms. The van der Waals surface area contributed by atoms with Gasteiger partial charge >= 0.3 is 0 Å². The number of hydrogen-bond acceptors (Lipinski definition) is 4. The maximum atomic E-state index is 12.3. The highest BCUT2D eigenvalue weighted by atomic mass is 79.9. The highest BCUT2D eigenvalue weighted by Gasteiger charge is 2.10. The first-order chi connectivity index (χ1) is 9.99. The predicted octanol–water partition coefficient (Wildman–Crippen LogP) is 3.54. The summed E-state index contributed by atoms with van der Waals surface area (Å²) in [6, 6.07) is 7.10. The van der Waals surface area contributed by atoms with Crippen LogP contribution in [0.1, 0.15) is 28.7 Å². The first-order valence-corrected chi connectivity index (χ1v) is 7.46. The minimum Gasteiger partial charge on any atom is -0.370 e. The average Bonchev–Trinajstić information content (AvgIpc) is 2.42. The van der Waals surface area contributed by atoms with Crippen molar-refractivity contribution >= 4 is 33.5 Å². The molecule has 0 aliphatic heterocycles. The molecule has 0 atom stereocenters. The smallest absolute Gasteiger partial charge is 0.257 e. The predicted molar refractivity (Wildman–Crippen MR) is 87.8 cm³/mol. The lowest BCUT2D eigenvalue weighted by atomic mass is 10.2. The van der Waals surface area contributed by atoms with Crippen LogP contribution >= 0.6 is 15.9 Å². The Labute approximate surface area is 132 Å². The number of aryl methyl sites for hydroxylation is 2. The van der Waals surface area contributed by atoms with Crippen molar-refractivity contribution in [2.75, 3.05) is 17.2 Å². The second-order valence-electron chi connectivity index (χ2n) is 4.63. The van der Waals surface area contributed by atoms with E-state index in [0.717, 1.165) is 22.4 Å². The van der Waals surface area contributed by atoms with Crippen LogP contribution in [0.4, 0.5) is 11.6 Å². The molecule has 2 aromatic heterocycles. The molecule has 0 bridgehead atoms. The van der Waals surface area contributed by atoms with Crippen molar-refractivity contribution in [2.24, 2.45) is 0 Å². The Morgan fingerprint density at radius 3 is 2.62 bits per heavy atom. The molecule has 110 valence electrons. The van der Waals surface area contributed by atoms with Gasteiger partial charge in [0.1, 0.15) is 11.6 Å². The van der Waals surface area contributed by atoms with Gasteiger partial charge in [0.25, 0.3) is 5.91 Å². The van der Waals surface area contributed by atoms with Gasteiger partial charge in [0, 0.05) is 22.3 Å². The molecule has 0 aliphatic carbocycles. The number of nitrogens with one attached hydrogen (secondary N) is 2. The Balaban J connectivity index is 2.21. The van der Waals surface area contributed by atoms with Crippen LogP contribution in [0.15, 0.2) is 28.7 Å². The van der Waals surface area contributed by atoms with Gasteiger partial charge in [0.05, 0.1) is 5.69 Å². The van der Waals surface area contributed by atoms with Crippen LogP contribution in [0, 0.1) is 13.8 Å². The van der Waals surface area contributed by atoms with Gasteiger partial charge in [-0.2, -0.15) is 0 Å². The highest BCUT2D eigenvalue weighted by molar-refractivity contribution is 9.10. The molecule has 2 rings (SSSR count). The highest BCUT2D eigenvalue weighted by Crippen LogP contribution is 2.17. The Kier molecular flexibility index (Phi) is 4.90. The summed E-state index contributed by atoms with van der Waals surface area (Å²) < 4.78 is 0.912. The average molecular weight is 349 g/mol. The van der Waals surface area contributed by atoms with E-state index in [9.17, 15) is 4.79 Å². The normalized spacial score (nSPS) is 10.3. The number of carbonyl (C=O) groups is 1. The molecule has 0 fully saturated rings. The standard InChI is InChI=1S/C15H17BrN4O/c1-4-17-14-8-11(7-9(2)18-14)15(21)20-13-6-5-12(16)10(3)19-13/h5-8H,4H2,1-3H3,(H,17,18)(H,19,20,21). The Bertz CT molecular complexity index is 673. The van der Waals surface area contributed by atoms with E-state index in [4.69, 9.17) is 0 Å². The summed E-state index contributed by atoms with van der Waals surface area (Å²) in [7, 11) is 0. The second kappa shape index (κ2) is 6.67. The van der Waals surface area contributed by atoms with Crippen molar-refractivity contribution in [1.82, 2.24) is 9.97 Å². The van der Waals surface area contributed by atoms with Crippen molar-refractivity contribution in [3.8, 4) is 0 Å². The van der Waals surface area contributed by atoms with Gasteiger partial charge in [-0.25, -0.2) is 9.97 Å². The minimum absolute atomic E-state index is 0.200. The number of anilines is 2. The van der Waals surface area contributed by atoms with Crippen molar-refractivity contribution in [2.45, 2.75) is 20.8 Å². The molecular formula is C15H17BrN4O. The van der Waals surface area contributed by atoms with Crippen LogP contribution in [0.5, 0.6) is 0 Å². The summed E-state index contributed by atoms with van der Waals surface area (Å²) in [6.07, 6.45) is 0. The molecule has 6 heteroatoms. The molecule has 1 amide bonds. The number of pyridine rings is 2. The van der Waals surface area contributed by atoms with Crippen LogP contribution in [0.25, 0.3) is 0 Å². The van der Waals surface area contributed by atoms with Crippen molar-refractivity contribution in [3.05, 3.63) is 45.7 Å². The van der Waals surface area contributed by atoms with Gasteiger partial charge in [0.2, 0.25) is 0 Å². The van der Waals surface area contributed by atoms with Crippen LogP contribution in [0.3, 0.4) is 0 Å². The molecule has 2 heterocycles. The second-order valence-corrected chi connectivity index (χ2v) is 5.48. The minimum atomic E-state index is -0.200. The van der Waals surface area contributed by atoms with E-state index in [2.05, 4.69) is 36.5 Å². The van der Waals surface area contributed by atoms with Crippen LogP contribution in [-0.2, 0) is 0 Å². The fourth-order valence-electron chi connectivity index (χ4n) is 1.87. The topological polar surface area (TPSA) is 66.9 Å². The fraction of sp³-hybridized carbons (Fsp3) is 0.267. The van der Waals surface area contributed by atoms with Gasteiger partial charge in [-0.15, -0.1) is 0 Å².